The number of halogens is 2. The zero-order valence-corrected chi connectivity index (χ0v) is 21.4. The largest absolute Gasteiger partial charge is 0.424 e. The summed E-state index contributed by atoms with van der Waals surface area (Å²) < 4.78 is 38.3. The van der Waals surface area contributed by atoms with Crippen LogP contribution >= 0.6 is 34.1 Å². The standard InChI is InChI=1S/C16H24BrClN5O5PSi/c1-16(2,3)30(4,5)28-11-10-8(6-25-29(18,24)27-10)26-14(11)23-13-9(22-15(23)17)12(19)20-7-21-13/h7-8,10-11,14H,6H2,1-5H3,(H2,19,20,21)/t8?,10?,11-,14+,29-/m0/s1. The summed E-state index contributed by atoms with van der Waals surface area (Å²) >= 11 is 9.40. The van der Waals surface area contributed by atoms with Crippen molar-refractivity contribution in [1.29, 1.82) is 0 Å². The SMILES string of the molecule is CC(C)(C)[Si](C)(C)O[C@H]1C2O[P@](=O)(Cl)OCC2O[C@H]1n1c(Br)nc2c(N)ncnc21. The van der Waals surface area contributed by atoms with E-state index in [0.717, 1.165) is 0 Å². The molecule has 0 aliphatic carbocycles. The first-order valence-corrected chi connectivity index (χ1v) is 15.6. The molecule has 14 heteroatoms. The van der Waals surface area contributed by atoms with Gasteiger partial charge < -0.3 is 14.9 Å². The van der Waals surface area contributed by atoms with Crippen LogP contribution in [0.3, 0.4) is 0 Å². The van der Waals surface area contributed by atoms with Gasteiger partial charge in [0.05, 0.1) is 6.61 Å². The van der Waals surface area contributed by atoms with Gasteiger partial charge in [0.2, 0.25) is 0 Å². The Hall–Kier alpha value is -0.593. The highest BCUT2D eigenvalue weighted by atomic mass is 79.9. The maximum Gasteiger partial charge on any atom is 0.424 e. The molecule has 2 saturated heterocycles. The molecule has 0 spiro atoms. The average molecular weight is 541 g/mol. The lowest BCUT2D eigenvalue weighted by atomic mass is 10.1. The van der Waals surface area contributed by atoms with E-state index in [1.54, 1.807) is 4.57 Å². The Morgan fingerprint density at radius 1 is 1.40 bits per heavy atom. The molecule has 5 atom stereocenters. The van der Waals surface area contributed by atoms with Gasteiger partial charge in [0, 0.05) is 11.2 Å². The third-order valence-electron chi connectivity index (χ3n) is 5.88. The van der Waals surface area contributed by atoms with E-state index in [4.69, 9.17) is 35.2 Å². The van der Waals surface area contributed by atoms with Gasteiger partial charge in [0.1, 0.15) is 24.6 Å². The van der Waals surface area contributed by atoms with Crippen LogP contribution in [0, 0.1) is 0 Å². The fourth-order valence-electron chi connectivity index (χ4n) is 3.28. The predicted molar refractivity (Wildman–Crippen MR) is 118 cm³/mol. The summed E-state index contributed by atoms with van der Waals surface area (Å²) in [7, 11) is -2.28. The summed E-state index contributed by atoms with van der Waals surface area (Å²) in [4.78, 5) is 12.8. The molecule has 2 N–H and O–H groups in total. The van der Waals surface area contributed by atoms with Gasteiger partial charge >= 0.3 is 6.95 Å². The molecular formula is C16H24BrClN5O5PSi. The molecular weight excluding hydrogens is 517 g/mol. The summed E-state index contributed by atoms with van der Waals surface area (Å²) in [5, 5.41) is -0.0771. The lowest BCUT2D eigenvalue weighted by Crippen LogP contribution is -2.50. The average Bonchev–Trinajstić information content (AvgIpc) is 3.11. The Bertz CT molecular complexity index is 1030. The van der Waals surface area contributed by atoms with Crippen LogP contribution in [0.15, 0.2) is 11.1 Å². The van der Waals surface area contributed by atoms with Crippen LogP contribution in [0.4, 0.5) is 5.82 Å². The van der Waals surface area contributed by atoms with Crippen molar-refractivity contribution in [1.82, 2.24) is 19.5 Å². The minimum Gasteiger partial charge on any atom is -0.407 e. The first kappa shape index (κ1) is 22.6. The summed E-state index contributed by atoms with van der Waals surface area (Å²) in [6.07, 6.45) is -1.13. The number of nitrogens with two attached hydrogens (primary N) is 1. The van der Waals surface area contributed by atoms with E-state index in [-0.39, 0.29) is 17.5 Å². The number of imidazole rings is 1. The number of hydrogen-bond donors (Lipinski definition) is 1. The highest BCUT2D eigenvalue weighted by Crippen LogP contribution is 2.60. The second-order valence-electron chi connectivity index (χ2n) is 8.89. The number of nitrogen functional groups attached to an aromatic ring is 1. The molecule has 2 aliphatic heterocycles. The molecule has 0 radical (unpaired) electrons. The smallest absolute Gasteiger partial charge is 0.407 e. The first-order chi connectivity index (χ1) is 13.8. The Morgan fingerprint density at radius 3 is 2.77 bits per heavy atom. The van der Waals surface area contributed by atoms with E-state index in [1.165, 1.54) is 6.33 Å². The fraction of sp³-hybridized carbons (Fsp3) is 0.688. The first-order valence-electron chi connectivity index (χ1n) is 9.40. The Labute approximate surface area is 188 Å². The second kappa shape index (κ2) is 7.48. The summed E-state index contributed by atoms with van der Waals surface area (Å²) in [6.45, 7) is 6.95. The van der Waals surface area contributed by atoms with Crippen molar-refractivity contribution < 1.29 is 22.8 Å². The highest BCUT2D eigenvalue weighted by Gasteiger charge is 2.56. The molecule has 0 saturated carbocycles. The van der Waals surface area contributed by atoms with Gasteiger partial charge in [-0.05, 0) is 34.1 Å². The minimum atomic E-state index is -3.73. The Kier molecular flexibility index (Phi) is 5.63. The van der Waals surface area contributed by atoms with Crippen LogP contribution in [0.25, 0.3) is 11.2 Å². The van der Waals surface area contributed by atoms with Crippen molar-refractivity contribution in [3.05, 3.63) is 11.1 Å². The topological polar surface area (TPSA) is 124 Å². The molecule has 166 valence electrons. The van der Waals surface area contributed by atoms with Gasteiger partial charge in [-0.1, -0.05) is 20.8 Å². The molecule has 2 aromatic heterocycles. The van der Waals surface area contributed by atoms with Crippen LogP contribution in [0.1, 0.15) is 27.0 Å². The third-order valence-corrected chi connectivity index (χ3v) is 12.4. The molecule has 2 aliphatic rings. The Balaban J connectivity index is 1.81. The maximum atomic E-state index is 12.4. The number of hydrogen-bond acceptors (Lipinski definition) is 9. The number of rotatable bonds is 3. The van der Waals surface area contributed by atoms with Crippen molar-refractivity contribution in [3.8, 4) is 0 Å². The number of fused-ring (bicyclic) bond motifs is 2. The normalized spacial score (nSPS) is 32.5. The zero-order chi connectivity index (χ0) is 22.1. The van der Waals surface area contributed by atoms with E-state index in [2.05, 4.69) is 64.7 Å². The molecule has 2 fully saturated rings. The quantitative estimate of drug-likeness (QED) is 0.346. The predicted octanol–water partition coefficient (Wildman–Crippen LogP) is 4.22. The Morgan fingerprint density at radius 2 is 2.10 bits per heavy atom. The van der Waals surface area contributed by atoms with E-state index >= 15 is 0 Å². The molecule has 4 rings (SSSR count). The molecule has 2 unspecified atom stereocenters. The second-order valence-corrected chi connectivity index (χ2v) is 16.9. The summed E-state index contributed by atoms with van der Waals surface area (Å²) in [6, 6.07) is 0. The molecule has 2 aromatic rings. The zero-order valence-electron chi connectivity index (χ0n) is 17.2. The fourth-order valence-corrected chi connectivity index (χ4v) is 6.49. The number of nitrogens with zero attached hydrogens (tertiary/aromatic N) is 4. The molecule has 0 aromatic carbocycles. The van der Waals surface area contributed by atoms with Gasteiger partial charge in [0.15, 0.2) is 36.3 Å². The van der Waals surface area contributed by atoms with Crippen molar-refractivity contribution in [3.63, 3.8) is 0 Å². The van der Waals surface area contributed by atoms with Crippen LogP contribution in [0.2, 0.25) is 18.1 Å². The van der Waals surface area contributed by atoms with Gasteiger partial charge in [-0.2, -0.15) is 0 Å². The van der Waals surface area contributed by atoms with Crippen LogP contribution in [-0.4, -0.2) is 52.8 Å². The van der Waals surface area contributed by atoms with Crippen LogP contribution in [0.5, 0.6) is 0 Å². The van der Waals surface area contributed by atoms with Crippen molar-refractivity contribution in [2.45, 2.75) is 63.4 Å². The van der Waals surface area contributed by atoms with Gasteiger partial charge in [0.25, 0.3) is 0 Å². The number of aromatic nitrogens is 4. The minimum absolute atomic E-state index is 0.0285. The molecule has 0 amide bonds. The summed E-state index contributed by atoms with van der Waals surface area (Å²) in [5.74, 6) is 0.251. The lowest BCUT2D eigenvalue weighted by molar-refractivity contribution is -0.0567. The number of ether oxygens (including phenoxy) is 1. The summed E-state index contributed by atoms with van der Waals surface area (Å²) in [5.41, 5.74) is 6.89. The maximum absolute atomic E-state index is 12.4. The third kappa shape index (κ3) is 3.86. The van der Waals surface area contributed by atoms with E-state index in [1.807, 2.05) is 0 Å². The van der Waals surface area contributed by atoms with Gasteiger partial charge in [-0.25, -0.2) is 19.5 Å². The molecule has 10 nitrogen and oxygen atoms in total. The molecule has 0 bridgehead atoms. The van der Waals surface area contributed by atoms with Gasteiger partial charge in [-0.3, -0.25) is 13.6 Å². The number of anilines is 1. The van der Waals surface area contributed by atoms with Crippen molar-refractivity contribution in [2.75, 3.05) is 12.3 Å². The van der Waals surface area contributed by atoms with Crippen molar-refractivity contribution in [2.24, 2.45) is 0 Å². The van der Waals surface area contributed by atoms with E-state index in [9.17, 15) is 4.57 Å². The van der Waals surface area contributed by atoms with Crippen LogP contribution < -0.4 is 5.73 Å². The van der Waals surface area contributed by atoms with Gasteiger partial charge in [-0.15, -0.1) is 0 Å². The monoisotopic (exact) mass is 539 g/mol. The van der Waals surface area contributed by atoms with E-state index in [0.29, 0.717) is 15.9 Å². The van der Waals surface area contributed by atoms with Crippen LogP contribution in [-0.2, 0) is 22.8 Å². The lowest BCUT2D eigenvalue weighted by Gasteiger charge is -2.41. The molecule has 4 heterocycles. The van der Waals surface area contributed by atoms with Crippen molar-refractivity contribution >= 4 is 59.4 Å². The highest BCUT2D eigenvalue weighted by molar-refractivity contribution is 9.10. The van der Waals surface area contributed by atoms with E-state index < -0.39 is 39.8 Å². The molecule has 30 heavy (non-hydrogen) atoms.